The third-order valence-corrected chi connectivity index (χ3v) is 3.92. The van der Waals surface area contributed by atoms with Crippen molar-refractivity contribution >= 4 is 27.3 Å². The molecule has 16 heavy (non-hydrogen) atoms. The molecule has 0 saturated carbocycles. The molecule has 0 aliphatic heterocycles. The van der Waals surface area contributed by atoms with Gasteiger partial charge >= 0.3 is 0 Å². The first kappa shape index (κ1) is 11.6. The maximum absolute atomic E-state index is 6.18. The van der Waals surface area contributed by atoms with Crippen LogP contribution in [0.5, 0.6) is 5.75 Å². The second-order valence-corrected chi connectivity index (χ2v) is 5.73. The summed E-state index contributed by atoms with van der Waals surface area (Å²) in [6.07, 6.45) is 0. The number of rotatable bonds is 3. The van der Waals surface area contributed by atoms with Gasteiger partial charge in [0.2, 0.25) is 0 Å². The summed E-state index contributed by atoms with van der Waals surface area (Å²) in [7, 11) is 1.66. The minimum absolute atomic E-state index is 0.0994. The largest absolute Gasteiger partial charge is 0.497 e. The van der Waals surface area contributed by atoms with E-state index in [-0.39, 0.29) is 6.04 Å². The van der Waals surface area contributed by atoms with Crippen LogP contribution in [-0.4, -0.2) is 7.11 Å². The van der Waals surface area contributed by atoms with Gasteiger partial charge in [0, 0.05) is 0 Å². The Morgan fingerprint density at radius 1 is 1.31 bits per heavy atom. The van der Waals surface area contributed by atoms with Gasteiger partial charge in [-0.05, 0) is 50.6 Å². The molecule has 1 aromatic carbocycles. The lowest BCUT2D eigenvalue weighted by Gasteiger charge is -2.11. The van der Waals surface area contributed by atoms with Crippen LogP contribution in [0, 0.1) is 0 Å². The third-order valence-electron chi connectivity index (χ3n) is 2.40. The van der Waals surface area contributed by atoms with Gasteiger partial charge in [0.05, 0.1) is 16.9 Å². The molecule has 2 nitrogen and oxygen atoms in total. The van der Waals surface area contributed by atoms with Crippen LogP contribution in [0.2, 0.25) is 0 Å². The molecule has 4 heteroatoms. The molecule has 0 bridgehead atoms. The van der Waals surface area contributed by atoms with Gasteiger partial charge in [-0.15, -0.1) is 11.3 Å². The Hall–Kier alpha value is -0.840. The van der Waals surface area contributed by atoms with E-state index in [0.717, 1.165) is 20.7 Å². The molecule has 0 saturated heterocycles. The zero-order valence-corrected chi connectivity index (χ0v) is 11.2. The second-order valence-electron chi connectivity index (χ2n) is 3.44. The SMILES string of the molecule is COc1cccc(C(N)c2csc(Br)c2)c1. The molecule has 0 spiro atoms. The van der Waals surface area contributed by atoms with E-state index in [1.807, 2.05) is 24.3 Å². The monoisotopic (exact) mass is 297 g/mol. The van der Waals surface area contributed by atoms with Crippen LogP contribution in [0.15, 0.2) is 39.5 Å². The number of nitrogens with two attached hydrogens (primary N) is 1. The fourth-order valence-electron chi connectivity index (χ4n) is 1.51. The summed E-state index contributed by atoms with van der Waals surface area (Å²) in [6.45, 7) is 0. The highest BCUT2D eigenvalue weighted by atomic mass is 79.9. The maximum Gasteiger partial charge on any atom is 0.119 e. The summed E-state index contributed by atoms with van der Waals surface area (Å²) in [6, 6.07) is 9.80. The van der Waals surface area contributed by atoms with Gasteiger partial charge in [-0.3, -0.25) is 0 Å². The predicted octanol–water partition coefficient (Wildman–Crippen LogP) is 3.57. The molecule has 2 aromatic rings. The zero-order valence-electron chi connectivity index (χ0n) is 8.81. The van der Waals surface area contributed by atoms with Gasteiger partial charge < -0.3 is 10.5 Å². The number of benzene rings is 1. The van der Waals surface area contributed by atoms with Crippen molar-refractivity contribution in [3.05, 3.63) is 50.6 Å². The number of hydrogen-bond acceptors (Lipinski definition) is 3. The zero-order chi connectivity index (χ0) is 11.5. The molecule has 1 atom stereocenters. The first-order valence-corrected chi connectivity index (χ1v) is 6.51. The van der Waals surface area contributed by atoms with Gasteiger partial charge in [-0.25, -0.2) is 0 Å². The standard InChI is InChI=1S/C12H12BrNOS/c1-15-10-4-2-3-8(5-10)12(14)9-6-11(13)16-7-9/h2-7,12H,14H2,1H3. The summed E-state index contributed by atoms with van der Waals surface area (Å²) >= 11 is 5.08. The third kappa shape index (κ3) is 2.45. The summed E-state index contributed by atoms with van der Waals surface area (Å²) in [5.74, 6) is 0.835. The fraction of sp³-hybridized carbons (Fsp3) is 0.167. The van der Waals surface area contributed by atoms with Crippen LogP contribution in [0.1, 0.15) is 17.2 Å². The Kier molecular flexibility index (Phi) is 3.63. The van der Waals surface area contributed by atoms with Crippen molar-refractivity contribution in [3.8, 4) is 5.75 Å². The number of halogens is 1. The molecule has 0 fully saturated rings. The van der Waals surface area contributed by atoms with Crippen molar-refractivity contribution in [2.75, 3.05) is 7.11 Å². The van der Waals surface area contributed by atoms with Gasteiger partial charge in [0.25, 0.3) is 0 Å². The highest BCUT2D eigenvalue weighted by Gasteiger charge is 2.11. The topological polar surface area (TPSA) is 35.2 Å². The van der Waals surface area contributed by atoms with Gasteiger partial charge in [0.1, 0.15) is 5.75 Å². The smallest absolute Gasteiger partial charge is 0.119 e. The molecule has 0 aliphatic rings. The van der Waals surface area contributed by atoms with E-state index in [1.165, 1.54) is 0 Å². The van der Waals surface area contributed by atoms with E-state index in [9.17, 15) is 0 Å². The van der Waals surface area contributed by atoms with E-state index in [2.05, 4.69) is 27.4 Å². The molecule has 2 rings (SSSR count). The molecule has 84 valence electrons. The number of hydrogen-bond donors (Lipinski definition) is 1. The molecule has 1 unspecified atom stereocenters. The highest BCUT2D eigenvalue weighted by Crippen LogP contribution is 2.29. The van der Waals surface area contributed by atoms with Crippen molar-refractivity contribution in [2.45, 2.75) is 6.04 Å². The van der Waals surface area contributed by atoms with E-state index < -0.39 is 0 Å². The normalized spacial score (nSPS) is 12.4. The molecule has 0 aliphatic carbocycles. The lowest BCUT2D eigenvalue weighted by Crippen LogP contribution is -2.10. The first-order chi connectivity index (χ1) is 7.70. The molecular formula is C12H12BrNOS. The highest BCUT2D eigenvalue weighted by molar-refractivity contribution is 9.11. The molecule has 2 N–H and O–H groups in total. The average Bonchev–Trinajstić information content (AvgIpc) is 2.75. The number of thiophene rings is 1. The van der Waals surface area contributed by atoms with Crippen LogP contribution >= 0.6 is 27.3 Å². The van der Waals surface area contributed by atoms with E-state index >= 15 is 0 Å². The Balaban J connectivity index is 2.29. The van der Waals surface area contributed by atoms with Crippen molar-refractivity contribution in [2.24, 2.45) is 5.73 Å². The Bertz CT molecular complexity index is 483. The summed E-state index contributed by atoms with van der Waals surface area (Å²) < 4.78 is 6.28. The van der Waals surface area contributed by atoms with Crippen LogP contribution < -0.4 is 10.5 Å². The summed E-state index contributed by atoms with van der Waals surface area (Å²) in [5.41, 5.74) is 8.36. The van der Waals surface area contributed by atoms with Gasteiger partial charge in [-0.1, -0.05) is 12.1 Å². The van der Waals surface area contributed by atoms with Crippen LogP contribution in [-0.2, 0) is 0 Å². The molecule has 0 radical (unpaired) electrons. The van der Waals surface area contributed by atoms with E-state index in [1.54, 1.807) is 18.4 Å². The van der Waals surface area contributed by atoms with Crippen molar-refractivity contribution < 1.29 is 4.74 Å². The molecule has 1 aromatic heterocycles. The van der Waals surface area contributed by atoms with Crippen molar-refractivity contribution in [3.63, 3.8) is 0 Å². The average molecular weight is 298 g/mol. The second kappa shape index (κ2) is 4.99. The van der Waals surface area contributed by atoms with Crippen molar-refractivity contribution in [1.82, 2.24) is 0 Å². The first-order valence-electron chi connectivity index (χ1n) is 4.84. The number of methoxy groups -OCH3 is 1. The lowest BCUT2D eigenvalue weighted by molar-refractivity contribution is 0.414. The Morgan fingerprint density at radius 2 is 2.12 bits per heavy atom. The maximum atomic E-state index is 6.18. The minimum Gasteiger partial charge on any atom is -0.497 e. The molecule has 1 heterocycles. The molecular weight excluding hydrogens is 286 g/mol. The van der Waals surface area contributed by atoms with Crippen molar-refractivity contribution in [1.29, 1.82) is 0 Å². The molecule has 0 amide bonds. The number of ether oxygens (including phenoxy) is 1. The van der Waals surface area contributed by atoms with Crippen LogP contribution in [0.4, 0.5) is 0 Å². The minimum atomic E-state index is -0.0994. The summed E-state index contributed by atoms with van der Waals surface area (Å²) in [4.78, 5) is 0. The van der Waals surface area contributed by atoms with E-state index in [0.29, 0.717) is 0 Å². The van der Waals surface area contributed by atoms with E-state index in [4.69, 9.17) is 10.5 Å². The summed E-state index contributed by atoms with van der Waals surface area (Å²) in [5, 5.41) is 2.06. The van der Waals surface area contributed by atoms with Gasteiger partial charge in [-0.2, -0.15) is 0 Å². The lowest BCUT2D eigenvalue weighted by atomic mass is 10.0. The Morgan fingerprint density at radius 3 is 2.75 bits per heavy atom. The fourth-order valence-corrected chi connectivity index (χ4v) is 2.73. The van der Waals surface area contributed by atoms with Crippen LogP contribution in [0.25, 0.3) is 0 Å². The Labute approximate surface area is 107 Å². The van der Waals surface area contributed by atoms with Crippen LogP contribution in [0.3, 0.4) is 0 Å². The quantitative estimate of drug-likeness (QED) is 0.940. The van der Waals surface area contributed by atoms with Gasteiger partial charge in [0.15, 0.2) is 0 Å². The predicted molar refractivity (Wildman–Crippen MR) is 71.0 cm³/mol.